The zero-order chi connectivity index (χ0) is 11.0. The highest BCUT2D eigenvalue weighted by Gasteiger charge is 2.37. The summed E-state index contributed by atoms with van der Waals surface area (Å²) >= 11 is 0. The molecule has 1 atom stereocenters. The van der Waals surface area contributed by atoms with Crippen molar-refractivity contribution in [1.82, 2.24) is 0 Å². The second kappa shape index (κ2) is 6.57. The van der Waals surface area contributed by atoms with E-state index >= 15 is 0 Å². The Labute approximate surface area is 85.8 Å². The van der Waals surface area contributed by atoms with Crippen LogP contribution >= 0.6 is 0 Å². The van der Waals surface area contributed by atoms with Gasteiger partial charge in [0, 0.05) is 0 Å². The molecule has 0 aromatic carbocycles. The van der Waals surface area contributed by atoms with E-state index in [2.05, 4.69) is 0 Å². The van der Waals surface area contributed by atoms with E-state index in [1.165, 1.54) is 0 Å². The Bertz CT molecular complexity index is 189. The number of hydrogen-bond donors (Lipinski definition) is 0. The van der Waals surface area contributed by atoms with Gasteiger partial charge in [-0.3, -0.25) is 4.79 Å². The molecular formula is C11H20O3. The van der Waals surface area contributed by atoms with Crippen LogP contribution in [0.1, 0.15) is 46.5 Å². The minimum absolute atomic E-state index is 0.334. The van der Waals surface area contributed by atoms with Crippen LogP contribution in [0.5, 0.6) is 0 Å². The van der Waals surface area contributed by atoms with Crippen molar-refractivity contribution in [2.45, 2.75) is 46.5 Å². The quantitative estimate of drug-likeness (QED) is 0.360. The van der Waals surface area contributed by atoms with E-state index in [4.69, 9.17) is 4.74 Å². The van der Waals surface area contributed by atoms with E-state index in [-0.39, 0.29) is 5.97 Å². The summed E-state index contributed by atoms with van der Waals surface area (Å²) in [6.07, 6.45) is 3.73. The molecule has 1 unspecified atom stereocenters. The van der Waals surface area contributed by atoms with Crippen molar-refractivity contribution in [2.24, 2.45) is 5.41 Å². The third-order valence-corrected chi connectivity index (χ3v) is 2.51. The highest BCUT2D eigenvalue weighted by molar-refractivity contribution is 5.93. The number of unbranched alkanes of at least 4 members (excludes halogenated alkanes) is 1. The first-order chi connectivity index (χ1) is 6.66. The fourth-order valence-electron chi connectivity index (χ4n) is 1.38. The lowest BCUT2D eigenvalue weighted by Crippen LogP contribution is -2.34. The molecule has 0 heterocycles. The van der Waals surface area contributed by atoms with Gasteiger partial charge in [0.25, 0.3) is 0 Å². The van der Waals surface area contributed by atoms with Gasteiger partial charge in [-0.1, -0.05) is 26.7 Å². The largest absolute Gasteiger partial charge is 0.465 e. The summed E-state index contributed by atoms with van der Waals surface area (Å²) in [5, 5.41) is 0. The predicted octanol–water partition coefficient (Wildman–Crippen LogP) is 2.33. The molecule has 0 fully saturated rings. The average molecular weight is 200 g/mol. The molecule has 3 heteroatoms. The number of rotatable bonds is 7. The Balaban J connectivity index is 4.50. The molecule has 3 nitrogen and oxygen atoms in total. The van der Waals surface area contributed by atoms with Gasteiger partial charge in [0.05, 0.1) is 6.61 Å². The van der Waals surface area contributed by atoms with Crippen molar-refractivity contribution in [3.05, 3.63) is 0 Å². The monoisotopic (exact) mass is 200 g/mol. The Morgan fingerprint density at radius 2 is 2.00 bits per heavy atom. The summed E-state index contributed by atoms with van der Waals surface area (Å²) in [6, 6.07) is 0. The molecule has 0 amide bonds. The van der Waals surface area contributed by atoms with Crippen LogP contribution < -0.4 is 0 Å². The molecule has 0 spiro atoms. The summed E-state index contributed by atoms with van der Waals surface area (Å²) in [6.45, 7) is 5.97. The molecule has 0 saturated carbocycles. The fourth-order valence-corrected chi connectivity index (χ4v) is 1.38. The summed E-state index contributed by atoms with van der Waals surface area (Å²) < 4.78 is 4.92. The maximum Gasteiger partial charge on any atom is 0.319 e. The molecule has 14 heavy (non-hydrogen) atoms. The summed E-state index contributed by atoms with van der Waals surface area (Å²) in [4.78, 5) is 22.6. The number of carbonyl (C=O) groups is 2. The Morgan fingerprint density at radius 3 is 2.36 bits per heavy atom. The predicted molar refractivity (Wildman–Crippen MR) is 54.9 cm³/mol. The van der Waals surface area contributed by atoms with Crippen LogP contribution in [-0.2, 0) is 14.3 Å². The third kappa shape index (κ3) is 3.13. The first-order valence-electron chi connectivity index (χ1n) is 5.30. The minimum atomic E-state index is -0.897. The van der Waals surface area contributed by atoms with Gasteiger partial charge >= 0.3 is 5.97 Å². The van der Waals surface area contributed by atoms with E-state index in [1.54, 1.807) is 6.92 Å². The Hall–Kier alpha value is -0.860. The van der Waals surface area contributed by atoms with Gasteiger partial charge in [-0.25, -0.2) is 0 Å². The van der Waals surface area contributed by atoms with Crippen molar-refractivity contribution in [2.75, 3.05) is 6.61 Å². The normalized spacial score (nSPS) is 14.5. The molecule has 0 aromatic rings. The molecule has 0 saturated heterocycles. The zero-order valence-electron chi connectivity index (χ0n) is 9.34. The van der Waals surface area contributed by atoms with Crippen LogP contribution in [0.2, 0.25) is 0 Å². The third-order valence-electron chi connectivity index (χ3n) is 2.51. The van der Waals surface area contributed by atoms with Gasteiger partial charge < -0.3 is 9.53 Å². The molecule has 0 N–H and O–H groups in total. The Morgan fingerprint density at radius 1 is 1.36 bits per heavy atom. The minimum Gasteiger partial charge on any atom is -0.465 e. The molecular weight excluding hydrogens is 180 g/mol. The molecule has 0 bridgehead atoms. The SMILES string of the molecule is CCCCC(C=O)(CC)C(=O)OCC. The second-order valence-corrected chi connectivity index (χ2v) is 3.45. The molecule has 0 radical (unpaired) electrons. The first-order valence-corrected chi connectivity index (χ1v) is 5.30. The van der Waals surface area contributed by atoms with Crippen molar-refractivity contribution >= 4 is 12.3 Å². The molecule has 0 aromatic heterocycles. The lowest BCUT2D eigenvalue weighted by Gasteiger charge is -2.23. The number of ether oxygens (including phenoxy) is 1. The van der Waals surface area contributed by atoms with E-state index in [1.807, 2.05) is 13.8 Å². The number of aldehydes is 1. The Kier molecular flexibility index (Phi) is 6.17. The average Bonchev–Trinajstić information content (AvgIpc) is 2.21. The molecule has 0 aliphatic heterocycles. The van der Waals surface area contributed by atoms with Gasteiger partial charge in [-0.15, -0.1) is 0 Å². The maximum atomic E-state index is 11.6. The smallest absolute Gasteiger partial charge is 0.319 e. The van der Waals surface area contributed by atoms with Crippen LogP contribution in [0, 0.1) is 5.41 Å². The highest BCUT2D eigenvalue weighted by Crippen LogP contribution is 2.28. The lowest BCUT2D eigenvalue weighted by molar-refractivity contribution is -0.157. The van der Waals surface area contributed by atoms with Crippen LogP contribution in [0.3, 0.4) is 0 Å². The standard InChI is InChI=1S/C11H20O3/c1-4-7-8-11(5-2,9-12)10(13)14-6-3/h9H,4-8H2,1-3H3. The molecule has 0 rings (SSSR count). The van der Waals surface area contributed by atoms with Crippen LogP contribution in [0.25, 0.3) is 0 Å². The summed E-state index contributed by atoms with van der Waals surface area (Å²) in [7, 11) is 0. The van der Waals surface area contributed by atoms with Crippen molar-refractivity contribution in [1.29, 1.82) is 0 Å². The van der Waals surface area contributed by atoms with Crippen LogP contribution in [0.15, 0.2) is 0 Å². The van der Waals surface area contributed by atoms with E-state index < -0.39 is 5.41 Å². The molecule has 82 valence electrons. The van der Waals surface area contributed by atoms with Gasteiger partial charge in [-0.2, -0.15) is 0 Å². The van der Waals surface area contributed by atoms with Crippen LogP contribution in [-0.4, -0.2) is 18.9 Å². The fraction of sp³-hybridized carbons (Fsp3) is 0.818. The van der Waals surface area contributed by atoms with Gasteiger partial charge in [0.1, 0.15) is 11.7 Å². The number of carbonyl (C=O) groups excluding carboxylic acids is 2. The maximum absolute atomic E-state index is 11.6. The van der Waals surface area contributed by atoms with E-state index in [9.17, 15) is 9.59 Å². The first kappa shape index (κ1) is 13.1. The summed E-state index contributed by atoms with van der Waals surface area (Å²) in [5.74, 6) is -0.369. The van der Waals surface area contributed by atoms with Gasteiger partial charge in [0.2, 0.25) is 0 Å². The lowest BCUT2D eigenvalue weighted by atomic mass is 9.82. The zero-order valence-corrected chi connectivity index (χ0v) is 9.34. The topological polar surface area (TPSA) is 43.4 Å². The van der Waals surface area contributed by atoms with E-state index in [0.717, 1.165) is 19.1 Å². The highest BCUT2D eigenvalue weighted by atomic mass is 16.5. The van der Waals surface area contributed by atoms with Gasteiger partial charge in [-0.05, 0) is 19.8 Å². The van der Waals surface area contributed by atoms with Crippen LogP contribution in [0.4, 0.5) is 0 Å². The second-order valence-electron chi connectivity index (χ2n) is 3.45. The van der Waals surface area contributed by atoms with Gasteiger partial charge in [0.15, 0.2) is 0 Å². The van der Waals surface area contributed by atoms with Crippen molar-refractivity contribution < 1.29 is 14.3 Å². The summed E-state index contributed by atoms with van der Waals surface area (Å²) in [5.41, 5.74) is -0.897. The van der Waals surface area contributed by atoms with E-state index in [0.29, 0.717) is 19.4 Å². The van der Waals surface area contributed by atoms with Crippen molar-refractivity contribution in [3.63, 3.8) is 0 Å². The van der Waals surface area contributed by atoms with Crippen molar-refractivity contribution in [3.8, 4) is 0 Å². The molecule has 0 aliphatic carbocycles. The number of esters is 1. The molecule has 0 aliphatic rings. The number of hydrogen-bond acceptors (Lipinski definition) is 3.